The van der Waals surface area contributed by atoms with Gasteiger partial charge in [-0.25, -0.2) is 10.8 Å². The lowest BCUT2D eigenvalue weighted by Gasteiger charge is -2.01. The van der Waals surface area contributed by atoms with Gasteiger partial charge in [-0.3, -0.25) is 5.43 Å². The van der Waals surface area contributed by atoms with Gasteiger partial charge < -0.3 is 5.73 Å². The van der Waals surface area contributed by atoms with E-state index in [1.54, 1.807) is 6.07 Å². The van der Waals surface area contributed by atoms with E-state index < -0.39 is 0 Å². The molecule has 1 aromatic carbocycles. The molecular formula is C8H11ClN4. The number of benzene rings is 1. The van der Waals surface area contributed by atoms with Crippen molar-refractivity contribution in [3.05, 3.63) is 28.8 Å². The highest BCUT2D eigenvalue weighted by Crippen LogP contribution is 2.25. The quantitative estimate of drug-likeness (QED) is 0.273. The Labute approximate surface area is 81.6 Å². The van der Waals surface area contributed by atoms with E-state index >= 15 is 0 Å². The summed E-state index contributed by atoms with van der Waals surface area (Å²) in [5.74, 6) is 5.19. The highest BCUT2D eigenvalue weighted by Gasteiger charge is 1.98. The molecule has 0 amide bonds. The summed E-state index contributed by atoms with van der Waals surface area (Å²) in [7, 11) is 0. The zero-order valence-electron chi connectivity index (χ0n) is 7.21. The number of hydrogen-bond donors (Lipinski definition) is 3. The van der Waals surface area contributed by atoms with Gasteiger partial charge in [-0.05, 0) is 24.6 Å². The molecule has 5 heteroatoms. The molecule has 0 aromatic heterocycles. The van der Waals surface area contributed by atoms with Gasteiger partial charge in [-0.1, -0.05) is 17.7 Å². The molecule has 0 atom stereocenters. The van der Waals surface area contributed by atoms with E-state index in [4.69, 9.17) is 23.2 Å². The zero-order chi connectivity index (χ0) is 9.84. The van der Waals surface area contributed by atoms with Gasteiger partial charge in [0, 0.05) is 0 Å². The molecule has 4 nitrogen and oxygen atoms in total. The monoisotopic (exact) mass is 198 g/mol. The Kier molecular flexibility index (Phi) is 3.11. The summed E-state index contributed by atoms with van der Waals surface area (Å²) in [6.45, 7) is 1.95. The van der Waals surface area contributed by atoms with E-state index in [-0.39, 0.29) is 5.96 Å². The SMILES string of the molecule is Cc1ccc(Cl)c(N=C(N)NN)c1. The Balaban J connectivity index is 3.07. The molecule has 0 radical (unpaired) electrons. The first-order valence-electron chi connectivity index (χ1n) is 3.70. The molecule has 1 aromatic rings. The van der Waals surface area contributed by atoms with Crippen molar-refractivity contribution in [3.8, 4) is 0 Å². The Morgan fingerprint density at radius 1 is 1.54 bits per heavy atom. The second-order valence-electron chi connectivity index (χ2n) is 2.60. The largest absolute Gasteiger partial charge is 0.369 e. The standard InChI is InChI=1S/C8H11ClN4/c1-5-2-3-6(9)7(4-5)12-8(10)13-11/h2-4H,11H2,1H3,(H3,10,12,13). The predicted octanol–water partition coefficient (Wildman–Crippen LogP) is 1.06. The van der Waals surface area contributed by atoms with E-state index in [0.29, 0.717) is 10.7 Å². The average molecular weight is 199 g/mol. The zero-order valence-corrected chi connectivity index (χ0v) is 7.97. The molecule has 5 N–H and O–H groups in total. The van der Waals surface area contributed by atoms with Crippen molar-refractivity contribution in [2.24, 2.45) is 16.6 Å². The first kappa shape index (κ1) is 9.83. The van der Waals surface area contributed by atoms with Crippen LogP contribution in [0.5, 0.6) is 0 Å². The van der Waals surface area contributed by atoms with Gasteiger partial charge in [-0.15, -0.1) is 0 Å². The second-order valence-corrected chi connectivity index (χ2v) is 3.00. The molecule has 0 heterocycles. The van der Waals surface area contributed by atoms with Crippen molar-refractivity contribution >= 4 is 23.2 Å². The van der Waals surface area contributed by atoms with Gasteiger partial charge in [0.25, 0.3) is 0 Å². The first-order chi connectivity index (χ1) is 6.13. The van der Waals surface area contributed by atoms with Gasteiger partial charge in [-0.2, -0.15) is 0 Å². The van der Waals surface area contributed by atoms with Crippen LogP contribution in [0.3, 0.4) is 0 Å². The van der Waals surface area contributed by atoms with Crippen LogP contribution in [-0.4, -0.2) is 5.96 Å². The van der Waals surface area contributed by atoms with Crippen molar-refractivity contribution in [3.63, 3.8) is 0 Å². The molecular weight excluding hydrogens is 188 g/mol. The van der Waals surface area contributed by atoms with Gasteiger partial charge >= 0.3 is 0 Å². The fourth-order valence-corrected chi connectivity index (χ4v) is 1.03. The van der Waals surface area contributed by atoms with E-state index in [1.807, 2.05) is 19.1 Å². The number of aryl methyl sites for hydroxylation is 1. The minimum Gasteiger partial charge on any atom is -0.369 e. The summed E-state index contributed by atoms with van der Waals surface area (Å²) in [5, 5.41) is 0.545. The third-order valence-electron chi connectivity index (χ3n) is 1.49. The second kappa shape index (κ2) is 4.11. The number of guanidine groups is 1. The maximum Gasteiger partial charge on any atom is 0.208 e. The summed E-state index contributed by atoms with van der Waals surface area (Å²) in [6.07, 6.45) is 0. The maximum atomic E-state index is 5.87. The summed E-state index contributed by atoms with van der Waals surface area (Å²) in [4.78, 5) is 3.96. The molecule has 0 spiro atoms. The number of hydrazine groups is 1. The van der Waals surface area contributed by atoms with Crippen molar-refractivity contribution < 1.29 is 0 Å². The third-order valence-corrected chi connectivity index (χ3v) is 1.81. The van der Waals surface area contributed by atoms with Crippen LogP contribution >= 0.6 is 11.6 Å². The summed E-state index contributed by atoms with van der Waals surface area (Å²) in [5.41, 5.74) is 9.28. The highest BCUT2D eigenvalue weighted by molar-refractivity contribution is 6.33. The molecule has 0 aliphatic carbocycles. The van der Waals surface area contributed by atoms with Crippen LogP contribution in [0.2, 0.25) is 5.02 Å². The van der Waals surface area contributed by atoms with Crippen LogP contribution in [0.4, 0.5) is 5.69 Å². The summed E-state index contributed by atoms with van der Waals surface area (Å²) >= 11 is 5.87. The Morgan fingerprint density at radius 3 is 2.85 bits per heavy atom. The van der Waals surface area contributed by atoms with Crippen molar-refractivity contribution in [1.82, 2.24) is 5.43 Å². The van der Waals surface area contributed by atoms with Crippen LogP contribution < -0.4 is 17.0 Å². The van der Waals surface area contributed by atoms with E-state index in [2.05, 4.69) is 10.4 Å². The van der Waals surface area contributed by atoms with Crippen molar-refractivity contribution in [1.29, 1.82) is 0 Å². The van der Waals surface area contributed by atoms with Crippen LogP contribution in [0, 0.1) is 6.92 Å². The summed E-state index contributed by atoms with van der Waals surface area (Å²) in [6, 6.07) is 5.49. The Hall–Kier alpha value is -1.26. The maximum absolute atomic E-state index is 5.87. The van der Waals surface area contributed by atoms with E-state index in [1.165, 1.54) is 0 Å². The minimum atomic E-state index is 0.132. The fraction of sp³-hybridized carbons (Fsp3) is 0.125. The van der Waals surface area contributed by atoms with E-state index in [9.17, 15) is 0 Å². The molecule has 0 saturated heterocycles. The van der Waals surface area contributed by atoms with Gasteiger partial charge in [0.05, 0.1) is 10.7 Å². The lowest BCUT2D eigenvalue weighted by Crippen LogP contribution is -2.36. The number of nitrogens with one attached hydrogen (secondary N) is 1. The number of nitrogens with two attached hydrogens (primary N) is 2. The highest BCUT2D eigenvalue weighted by atomic mass is 35.5. The smallest absolute Gasteiger partial charge is 0.208 e. The fourth-order valence-electron chi connectivity index (χ4n) is 0.870. The lowest BCUT2D eigenvalue weighted by atomic mass is 10.2. The minimum absolute atomic E-state index is 0.132. The van der Waals surface area contributed by atoms with Crippen LogP contribution in [-0.2, 0) is 0 Å². The average Bonchev–Trinajstić information content (AvgIpc) is 2.11. The molecule has 13 heavy (non-hydrogen) atoms. The lowest BCUT2D eigenvalue weighted by molar-refractivity contribution is 1.01. The molecule has 1 rings (SSSR count). The molecule has 70 valence electrons. The molecule has 0 unspecified atom stereocenters. The molecule has 0 saturated carbocycles. The normalized spacial score (nSPS) is 11.5. The van der Waals surface area contributed by atoms with Gasteiger partial charge in [0.15, 0.2) is 0 Å². The van der Waals surface area contributed by atoms with Gasteiger partial charge in [0.2, 0.25) is 5.96 Å². The van der Waals surface area contributed by atoms with Crippen molar-refractivity contribution in [2.75, 3.05) is 0 Å². The molecule has 0 fully saturated rings. The van der Waals surface area contributed by atoms with Gasteiger partial charge in [0.1, 0.15) is 0 Å². The predicted molar refractivity (Wildman–Crippen MR) is 54.8 cm³/mol. The molecule has 0 aliphatic heterocycles. The first-order valence-corrected chi connectivity index (χ1v) is 4.08. The van der Waals surface area contributed by atoms with Crippen LogP contribution in [0.25, 0.3) is 0 Å². The van der Waals surface area contributed by atoms with Crippen LogP contribution in [0.15, 0.2) is 23.2 Å². The Morgan fingerprint density at radius 2 is 2.23 bits per heavy atom. The summed E-state index contributed by atoms with van der Waals surface area (Å²) < 4.78 is 0. The number of rotatable bonds is 1. The molecule has 0 bridgehead atoms. The topological polar surface area (TPSA) is 76.4 Å². The number of aliphatic imine (C=N–C) groups is 1. The van der Waals surface area contributed by atoms with E-state index in [0.717, 1.165) is 5.56 Å². The van der Waals surface area contributed by atoms with Crippen molar-refractivity contribution in [2.45, 2.75) is 6.92 Å². The third kappa shape index (κ3) is 2.61. The Bertz CT molecular complexity index is 335. The molecule has 0 aliphatic rings. The number of nitrogens with zero attached hydrogens (tertiary/aromatic N) is 1. The number of hydrogen-bond acceptors (Lipinski definition) is 2. The van der Waals surface area contributed by atoms with Crippen LogP contribution in [0.1, 0.15) is 5.56 Å². The number of halogens is 1.